The third-order valence-electron chi connectivity index (χ3n) is 4.06. The molecule has 2 rings (SSSR count). The van der Waals surface area contributed by atoms with Gasteiger partial charge in [-0.2, -0.15) is 0 Å². The van der Waals surface area contributed by atoms with Gasteiger partial charge in [-0.15, -0.1) is 0 Å². The Morgan fingerprint density at radius 1 is 0.962 bits per heavy atom. The van der Waals surface area contributed by atoms with E-state index < -0.39 is 11.7 Å². The summed E-state index contributed by atoms with van der Waals surface area (Å²) in [5.74, 6) is -0.250. The molecule has 0 N–H and O–H groups in total. The van der Waals surface area contributed by atoms with Crippen LogP contribution in [-0.4, -0.2) is 29.5 Å². The number of rotatable bonds is 5. The summed E-state index contributed by atoms with van der Waals surface area (Å²) < 4.78 is 5.29. The Balaban J connectivity index is 2.13. The van der Waals surface area contributed by atoms with Crippen molar-refractivity contribution >= 4 is 12.0 Å². The fourth-order valence-corrected chi connectivity index (χ4v) is 2.71. The molecule has 1 atom stereocenters. The Morgan fingerprint density at radius 3 is 2.04 bits per heavy atom. The van der Waals surface area contributed by atoms with Crippen LogP contribution in [0.25, 0.3) is 0 Å². The number of amides is 2. The number of hydrogen-bond donors (Lipinski definition) is 0. The van der Waals surface area contributed by atoms with Crippen LogP contribution in [-0.2, 0) is 16.0 Å². The summed E-state index contributed by atoms with van der Waals surface area (Å²) in [6, 6.07) is 20.0. The van der Waals surface area contributed by atoms with Crippen molar-refractivity contribution in [2.24, 2.45) is 0 Å². The lowest BCUT2D eigenvalue weighted by molar-refractivity contribution is -0.129. The zero-order chi connectivity index (χ0) is 19.2. The number of hydrogen-bond acceptors (Lipinski definition) is 3. The standard InChI is InChI=1S/C22H27NO3/c1-22(2,3)26-21(25)23(4)20(24)16-19(18-13-9-6-10-14-18)15-17-11-7-5-8-12-17/h5-14,19H,15-16H2,1-4H3/t19-/m1/s1. The average Bonchev–Trinajstić information content (AvgIpc) is 2.60. The first-order chi connectivity index (χ1) is 12.3. The molecule has 4 heteroatoms. The van der Waals surface area contributed by atoms with E-state index in [9.17, 15) is 9.59 Å². The molecule has 2 aromatic carbocycles. The highest BCUT2D eigenvalue weighted by Crippen LogP contribution is 2.25. The Hall–Kier alpha value is -2.62. The number of ether oxygens (including phenoxy) is 1. The lowest BCUT2D eigenvalue weighted by atomic mass is 9.89. The molecule has 138 valence electrons. The van der Waals surface area contributed by atoms with E-state index in [4.69, 9.17) is 4.74 Å². The second-order valence-corrected chi connectivity index (χ2v) is 7.43. The van der Waals surface area contributed by atoms with Crippen LogP contribution in [0.15, 0.2) is 60.7 Å². The van der Waals surface area contributed by atoms with Gasteiger partial charge in [0.25, 0.3) is 0 Å². The van der Waals surface area contributed by atoms with Crippen molar-refractivity contribution in [3.8, 4) is 0 Å². The van der Waals surface area contributed by atoms with Gasteiger partial charge in [-0.25, -0.2) is 4.79 Å². The minimum Gasteiger partial charge on any atom is -0.443 e. The molecule has 0 saturated carbocycles. The number of carbonyl (C=O) groups is 2. The molecule has 0 bridgehead atoms. The lowest BCUT2D eigenvalue weighted by Crippen LogP contribution is -2.38. The first-order valence-electron chi connectivity index (χ1n) is 8.84. The van der Waals surface area contributed by atoms with Crippen LogP contribution in [0.3, 0.4) is 0 Å². The van der Waals surface area contributed by atoms with Crippen LogP contribution >= 0.6 is 0 Å². The van der Waals surface area contributed by atoms with E-state index in [0.717, 1.165) is 22.4 Å². The van der Waals surface area contributed by atoms with Crippen LogP contribution in [0.5, 0.6) is 0 Å². The van der Waals surface area contributed by atoms with Crippen molar-refractivity contribution in [1.29, 1.82) is 0 Å². The zero-order valence-electron chi connectivity index (χ0n) is 15.9. The molecule has 2 amide bonds. The van der Waals surface area contributed by atoms with Gasteiger partial charge in [0.15, 0.2) is 0 Å². The Bertz CT molecular complexity index is 720. The molecule has 2 aromatic rings. The quantitative estimate of drug-likeness (QED) is 0.776. The number of carbonyl (C=O) groups excluding carboxylic acids is 2. The minimum absolute atomic E-state index is 0.00372. The van der Waals surface area contributed by atoms with Gasteiger partial charge in [-0.1, -0.05) is 60.7 Å². The van der Waals surface area contributed by atoms with Gasteiger partial charge in [0.2, 0.25) is 5.91 Å². The zero-order valence-corrected chi connectivity index (χ0v) is 15.9. The molecule has 0 radical (unpaired) electrons. The second kappa shape index (κ2) is 8.65. The summed E-state index contributed by atoms with van der Waals surface area (Å²) in [4.78, 5) is 25.9. The maximum Gasteiger partial charge on any atom is 0.416 e. The first-order valence-corrected chi connectivity index (χ1v) is 8.84. The predicted molar refractivity (Wildman–Crippen MR) is 103 cm³/mol. The van der Waals surface area contributed by atoms with Gasteiger partial charge >= 0.3 is 6.09 Å². The van der Waals surface area contributed by atoms with Crippen LogP contribution in [0.4, 0.5) is 4.79 Å². The third-order valence-corrected chi connectivity index (χ3v) is 4.06. The molecule has 0 fully saturated rings. The monoisotopic (exact) mass is 353 g/mol. The summed E-state index contributed by atoms with van der Waals surface area (Å²) in [7, 11) is 1.47. The molecule has 0 saturated heterocycles. The highest BCUT2D eigenvalue weighted by molar-refractivity contribution is 5.92. The van der Waals surface area contributed by atoms with Crippen molar-refractivity contribution in [3.05, 3.63) is 71.8 Å². The van der Waals surface area contributed by atoms with E-state index in [1.807, 2.05) is 48.5 Å². The third kappa shape index (κ3) is 6.03. The van der Waals surface area contributed by atoms with Gasteiger partial charge in [0.05, 0.1) is 0 Å². The molecule has 0 spiro atoms. The second-order valence-electron chi connectivity index (χ2n) is 7.43. The largest absolute Gasteiger partial charge is 0.443 e. The molecule has 26 heavy (non-hydrogen) atoms. The van der Waals surface area contributed by atoms with E-state index in [1.54, 1.807) is 20.8 Å². The molecule has 0 heterocycles. The van der Waals surface area contributed by atoms with Gasteiger partial charge in [0.1, 0.15) is 5.60 Å². The Morgan fingerprint density at radius 2 is 1.50 bits per heavy atom. The van der Waals surface area contributed by atoms with Crippen molar-refractivity contribution in [3.63, 3.8) is 0 Å². The predicted octanol–water partition coefficient (Wildman–Crippen LogP) is 4.80. The molecule has 0 aliphatic heterocycles. The van der Waals surface area contributed by atoms with Crippen molar-refractivity contribution in [1.82, 2.24) is 4.90 Å². The lowest BCUT2D eigenvalue weighted by Gasteiger charge is -2.25. The van der Waals surface area contributed by atoms with Crippen molar-refractivity contribution in [2.45, 2.75) is 45.1 Å². The van der Waals surface area contributed by atoms with Gasteiger partial charge < -0.3 is 4.74 Å². The SMILES string of the molecule is CN(C(=O)C[C@@H](Cc1ccccc1)c1ccccc1)C(=O)OC(C)(C)C. The topological polar surface area (TPSA) is 46.6 Å². The van der Waals surface area contributed by atoms with Gasteiger partial charge in [-0.05, 0) is 44.2 Å². The smallest absolute Gasteiger partial charge is 0.416 e. The summed E-state index contributed by atoms with van der Waals surface area (Å²) in [5.41, 5.74) is 1.62. The Kier molecular flexibility index (Phi) is 6.56. The Labute approximate surface area is 155 Å². The first kappa shape index (κ1) is 19.7. The van der Waals surface area contributed by atoms with Gasteiger partial charge in [0, 0.05) is 13.5 Å². The summed E-state index contributed by atoms with van der Waals surface area (Å²) in [6.07, 6.45) is 0.363. The van der Waals surface area contributed by atoms with Crippen molar-refractivity contribution in [2.75, 3.05) is 7.05 Å². The highest BCUT2D eigenvalue weighted by atomic mass is 16.6. The van der Waals surface area contributed by atoms with E-state index in [2.05, 4.69) is 12.1 Å². The number of nitrogens with zero attached hydrogens (tertiary/aromatic N) is 1. The van der Waals surface area contributed by atoms with Gasteiger partial charge in [-0.3, -0.25) is 9.69 Å². The normalized spacial score (nSPS) is 12.3. The number of imide groups is 1. The van der Waals surface area contributed by atoms with E-state index in [-0.39, 0.29) is 18.2 Å². The van der Waals surface area contributed by atoms with E-state index in [0.29, 0.717) is 0 Å². The molecular formula is C22H27NO3. The fourth-order valence-electron chi connectivity index (χ4n) is 2.71. The number of benzene rings is 2. The molecule has 4 nitrogen and oxygen atoms in total. The van der Waals surface area contributed by atoms with Crippen LogP contribution in [0, 0.1) is 0 Å². The maximum absolute atomic E-state index is 12.7. The van der Waals surface area contributed by atoms with E-state index >= 15 is 0 Å². The van der Waals surface area contributed by atoms with Crippen molar-refractivity contribution < 1.29 is 14.3 Å². The van der Waals surface area contributed by atoms with Crippen LogP contribution < -0.4 is 0 Å². The molecule has 0 aliphatic carbocycles. The van der Waals surface area contributed by atoms with E-state index in [1.165, 1.54) is 7.05 Å². The summed E-state index contributed by atoms with van der Waals surface area (Å²) >= 11 is 0. The fraction of sp³-hybridized carbons (Fsp3) is 0.364. The minimum atomic E-state index is -0.630. The van der Waals surface area contributed by atoms with Crippen LogP contribution in [0.2, 0.25) is 0 Å². The summed E-state index contributed by atoms with van der Waals surface area (Å²) in [6.45, 7) is 5.35. The molecule has 0 aromatic heterocycles. The van der Waals surface area contributed by atoms with Crippen LogP contribution in [0.1, 0.15) is 44.2 Å². The molecule has 0 unspecified atom stereocenters. The average molecular weight is 353 g/mol. The highest BCUT2D eigenvalue weighted by Gasteiger charge is 2.26. The molecule has 0 aliphatic rings. The molecular weight excluding hydrogens is 326 g/mol. The summed E-state index contributed by atoms with van der Waals surface area (Å²) in [5, 5.41) is 0. The maximum atomic E-state index is 12.7.